The first kappa shape index (κ1) is 12.7. The number of hydrogen-bond donors (Lipinski definition) is 0. The average Bonchev–Trinajstić information content (AvgIpc) is 2.59. The molecule has 0 bridgehead atoms. The number of likely N-dealkylation sites (N-methyl/N-ethyl adjacent to an activating group) is 1. The molecule has 2 heterocycles. The molecule has 0 aromatic heterocycles. The van der Waals surface area contributed by atoms with Crippen molar-refractivity contribution in [2.75, 3.05) is 13.6 Å². The van der Waals surface area contributed by atoms with Gasteiger partial charge in [0.25, 0.3) is 0 Å². The van der Waals surface area contributed by atoms with Crippen LogP contribution in [0, 0.1) is 0 Å². The van der Waals surface area contributed by atoms with Gasteiger partial charge in [0.15, 0.2) is 0 Å². The van der Waals surface area contributed by atoms with Crippen molar-refractivity contribution in [2.45, 2.75) is 25.0 Å². The third-order valence-electron chi connectivity index (χ3n) is 4.07. The summed E-state index contributed by atoms with van der Waals surface area (Å²) in [6.45, 7) is 2.61. The van der Waals surface area contributed by atoms with Crippen LogP contribution in [0.15, 0.2) is 40.9 Å². The van der Waals surface area contributed by atoms with Crippen LogP contribution in [0.2, 0.25) is 0 Å². The SMILES string of the molecule is CN1C[C@]2(C)OC(=O)C(Cl)=C2C[C@H]1c1ccccc1. The molecule has 1 saturated heterocycles. The summed E-state index contributed by atoms with van der Waals surface area (Å²) in [5.41, 5.74) is 1.61. The summed E-state index contributed by atoms with van der Waals surface area (Å²) in [5, 5.41) is 0.275. The standard InChI is InChI=1S/C15H16ClNO2/c1-15-9-17(2)12(10-6-4-3-5-7-10)8-11(15)13(16)14(18)19-15/h3-7,12H,8-9H2,1-2H3/t12-,15-/m0/s1. The molecule has 0 spiro atoms. The van der Waals surface area contributed by atoms with E-state index in [0.29, 0.717) is 6.54 Å². The summed E-state index contributed by atoms with van der Waals surface area (Å²) in [6, 6.07) is 10.5. The molecular weight excluding hydrogens is 262 g/mol. The van der Waals surface area contributed by atoms with E-state index >= 15 is 0 Å². The third kappa shape index (κ3) is 1.97. The molecule has 0 radical (unpaired) electrons. The third-order valence-corrected chi connectivity index (χ3v) is 4.45. The molecule has 0 amide bonds. The molecule has 2 atom stereocenters. The monoisotopic (exact) mass is 277 g/mol. The summed E-state index contributed by atoms with van der Waals surface area (Å²) in [7, 11) is 2.06. The normalized spacial score (nSPS) is 31.3. The van der Waals surface area contributed by atoms with Gasteiger partial charge in [0.2, 0.25) is 0 Å². The lowest BCUT2D eigenvalue weighted by atomic mass is 9.83. The maximum absolute atomic E-state index is 11.7. The van der Waals surface area contributed by atoms with Gasteiger partial charge in [0.05, 0.1) is 0 Å². The number of hydrogen-bond acceptors (Lipinski definition) is 3. The number of esters is 1. The zero-order valence-corrected chi connectivity index (χ0v) is 11.8. The van der Waals surface area contributed by atoms with Crippen molar-refractivity contribution in [1.82, 2.24) is 4.90 Å². The van der Waals surface area contributed by atoms with E-state index in [2.05, 4.69) is 24.1 Å². The number of piperidine rings is 1. The highest BCUT2D eigenvalue weighted by molar-refractivity contribution is 6.42. The number of fused-ring (bicyclic) bond motifs is 1. The number of rotatable bonds is 1. The fourth-order valence-corrected chi connectivity index (χ4v) is 3.40. The molecule has 1 fully saturated rings. The van der Waals surface area contributed by atoms with Crippen LogP contribution in [0.5, 0.6) is 0 Å². The minimum atomic E-state index is -0.561. The molecule has 4 heteroatoms. The number of likely N-dealkylation sites (tertiary alicyclic amines) is 1. The Balaban J connectivity index is 1.98. The molecule has 1 aromatic rings. The van der Waals surface area contributed by atoms with Crippen LogP contribution in [0.1, 0.15) is 24.9 Å². The van der Waals surface area contributed by atoms with Crippen molar-refractivity contribution in [3.63, 3.8) is 0 Å². The van der Waals surface area contributed by atoms with E-state index < -0.39 is 5.60 Å². The second kappa shape index (κ2) is 4.36. The molecule has 2 aliphatic heterocycles. The molecule has 1 aromatic carbocycles. The molecule has 0 saturated carbocycles. The van der Waals surface area contributed by atoms with E-state index in [1.807, 2.05) is 25.1 Å². The number of benzene rings is 1. The molecule has 2 aliphatic rings. The van der Waals surface area contributed by atoms with E-state index in [0.717, 1.165) is 12.0 Å². The van der Waals surface area contributed by atoms with Gasteiger partial charge in [-0.1, -0.05) is 41.9 Å². The first-order valence-corrected chi connectivity index (χ1v) is 6.77. The molecular formula is C15H16ClNO2. The number of carbonyl (C=O) groups excluding carboxylic acids is 1. The number of ether oxygens (including phenoxy) is 1. The van der Waals surface area contributed by atoms with Crippen LogP contribution >= 0.6 is 11.6 Å². The lowest BCUT2D eigenvalue weighted by Gasteiger charge is -2.42. The predicted molar refractivity (Wildman–Crippen MR) is 73.8 cm³/mol. The first-order valence-electron chi connectivity index (χ1n) is 6.39. The summed E-state index contributed by atoms with van der Waals surface area (Å²) >= 11 is 6.11. The Morgan fingerprint density at radius 1 is 1.37 bits per heavy atom. The Labute approximate surface area is 117 Å². The van der Waals surface area contributed by atoms with Crippen molar-refractivity contribution in [3.8, 4) is 0 Å². The first-order chi connectivity index (χ1) is 9.01. The van der Waals surface area contributed by atoms with Crippen LogP contribution < -0.4 is 0 Å². The minimum Gasteiger partial charge on any atom is -0.449 e. The van der Waals surface area contributed by atoms with Gasteiger partial charge in [0, 0.05) is 18.2 Å². The Morgan fingerprint density at radius 2 is 2.05 bits per heavy atom. The van der Waals surface area contributed by atoms with Crippen LogP contribution in [0.4, 0.5) is 0 Å². The average molecular weight is 278 g/mol. The van der Waals surface area contributed by atoms with E-state index in [1.54, 1.807) is 0 Å². The highest BCUT2D eigenvalue weighted by Gasteiger charge is 2.48. The second-order valence-corrected chi connectivity index (χ2v) is 5.84. The molecule has 3 nitrogen and oxygen atoms in total. The zero-order valence-electron chi connectivity index (χ0n) is 11.0. The van der Waals surface area contributed by atoms with Gasteiger partial charge in [-0.3, -0.25) is 4.90 Å². The molecule has 100 valence electrons. The van der Waals surface area contributed by atoms with E-state index in [1.165, 1.54) is 5.56 Å². The van der Waals surface area contributed by atoms with Crippen molar-refractivity contribution < 1.29 is 9.53 Å². The van der Waals surface area contributed by atoms with Gasteiger partial charge in [-0.05, 0) is 26.0 Å². The molecule has 0 aliphatic carbocycles. The van der Waals surface area contributed by atoms with Crippen molar-refractivity contribution >= 4 is 17.6 Å². The highest BCUT2D eigenvalue weighted by atomic mass is 35.5. The van der Waals surface area contributed by atoms with E-state index in [-0.39, 0.29) is 17.0 Å². The molecule has 3 rings (SSSR count). The van der Waals surface area contributed by atoms with Gasteiger partial charge in [0.1, 0.15) is 10.6 Å². The van der Waals surface area contributed by atoms with Gasteiger partial charge in [-0.25, -0.2) is 4.79 Å². The molecule has 0 unspecified atom stereocenters. The van der Waals surface area contributed by atoms with Crippen molar-refractivity contribution in [2.24, 2.45) is 0 Å². The van der Waals surface area contributed by atoms with Crippen LogP contribution in [-0.2, 0) is 9.53 Å². The van der Waals surface area contributed by atoms with Crippen LogP contribution in [-0.4, -0.2) is 30.1 Å². The zero-order chi connectivity index (χ0) is 13.6. The second-order valence-electron chi connectivity index (χ2n) is 5.46. The van der Waals surface area contributed by atoms with Gasteiger partial charge < -0.3 is 4.74 Å². The maximum Gasteiger partial charge on any atom is 0.350 e. The van der Waals surface area contributed by atoms with Crippen LogP contribution in [0.3, 0.4) is 0 Å². The Kier molecular flexibility index (Phi) is 2.91. The van der Waals surface area contributed by atoms with Crippen LogP contribution in [0.25, 0.3) is 0 Å². The fraction of sp³-hybridized carbons (Fsp3) is 0.400. The Bertz CT molecular complexity index is 555. The molecule has 0 N–H and O–H groups in total. The quantitative estimate of drug-likeness (QED) is 0.739. The smallest absolute Gasteiger partial charge is 0.350 e. The van der Waals surface area contributed by atoms with E-state index in [9.17, 15) is 4.79 Å². The van der Waals surface area contributed by atoms with Gasteiger partial charge in [-0.15, -0.1) is 0 Å². The predicted octanol–water partition coefficient (Wildman–Crippen LogP) is 2.87. The largest absolute Gasteiger partial charge is 0.449 e. The van der Waals surface area contributed by atoms with Crippen molar-refractivity contribution in [1.29, 1.82) is 0 Å². The Hall–Kier alpha value is -1.32. The molecule has 19 heavy (non-hydrogen) atoms. The maximum atomic E-state index is 11.7. The highest BCUT2D eigenvalue weighted by Crippen LogP contribution is 2.45. The van der Waals surface area contributed by atoms with E-state index in [4.69, 9.17) is 16.3 Å². The summed E-state index contributed by atoms with van der Waals surface area (Å²) in [4.78, 5) is 13.9. The lowest BCUT2D eigenvalue weighted by molar-refractivity contribution is -0.147. The Morgan fingerprint density at radius 3 is 2.74 bits per heavy atom. The topological polar surface area (TPSA) is 29.5 Å². The fourth-order valence-electron chi connectivity index (χ4n) is 3.08. The summed E-state index contributed by atoms with van der Waals surface area (Å²) < 4.78 is 5.43. The van der Waals surface area contributed by atoms with Crippen molar-refractivity contribution in [3.05, 3.63) is 46.5 Å². The number of halogens is 1. The lowest BCUT2D eigenvalue weighted by Crippen LogP contribution is -2.47. The number of nitrogens with zero attached hydrogens (tertiary/aromatic N) is 1. The van der Waals surface area contributed by atoms with Gasteiger partial charge >= 0.3 is 5.97 Å². The summed E-state index contributed by atoms with van der Waals surface area (Å²) in [6.07, 6.45) is 0.738. The minimum absolute atomic E-state index is 0.243. The van der Waals surface area contributed by atoms with Gasteiger partial charge in [-0.2, -0.15) is 0 Å². The summed E-state index contributed by atoms with van der Waals surface area (Å²) in [5.74, 6) is -0.388. The number of carbonyl (C=O) groups is 1.